The normalized spacial score (nSPS) is 21.1. The molecule has 14 heavy (non-hydrogen) atoms. The number of hydrogen-bond acceptors (Lipinski definition) is 0. The van der Waals surface area contributed by atoms with Crippen LogP contribution >= 0.6 is 0 Å². The molecule has 1 aromatic carbocycles. The topological polar surface area (TPSA) is 4.93 Å². The van der Waals surface area contributed by atoms with E-state index >= 15 is 0 Å². The van der Waals surface area contributed by atoms with Gasteiger partial charge in [-0.25, -0.2) is 0 Å². The maximum atomic E-state index is 2.49. The molecular formula is C13H15N. The predicted octanol–water partition coefficient (Wildman–Crippen LogP) is 3.22. The second-order valence-electron chi connectivity index (χ2n) is 4.45. The van der Waals surface area contributed by atoms with Gasteiger partial charge in [0, 0.05) is 17.8 Å². The summed E-state index contributed by atoms with van der Waals surface area (Å²) in [7, 11) is 0. The lowest BCUT2D eigenvalue weighted by atomic mass is 10.0. The average molecular weight is 185 g/mol. The second kappa shape index (κ2) is 2.88. The van der Waals surface area contributed by atoms with Crippen LogP contribution in [0.2, 0.25) is 0 Å². The molecule has 1 aliphatic heterocycles. The Morgan fingerprint density at radius 2 is 2.14 bits per heavy atom. The van der Waals surface area contributed by atoms with Crippen LogP contribution in [0.15, 0.2) is 30.3 Å². The number of fused-ring (bicyclic) bond motifs is 3. The van der Waals surface area contributed by atoms with Crippen molar-refractivity contribution in [2.24, 2.45) is 5.92 Å². The molecule has 2 heterocycles. The number of aromatic nitrogens is 1. The molecule has 0 aliphatic carbocycles. The summed E-state index contributed by atoms with van der Waals surface area (Å²) < 4.78 is 2.49. The van der Waals surface area contributed by atoms with E-state index < -0.39 is 0 Å². The first-order chi connectivity index (χ1) is 6.84. The van der Waals surface area contributed by atoms with Gasteiger partial charge >= 0.3 is 0 Å². The molecule has 1 nitrogen and oxygen atoms in total. The van der Waals surface area contributed by atoms with Gasteiger partial charge in [-0.3, -0.25) is 0 Å². The fraction of sp³-hybridized carbons (Fsp3) is 0.385. The monoisotopic (exact) mass is 185 g/mol. The molecule has 72 valence electrons. The van der Waals surface area contributed by atoms with Crippen LogP contribution in [-0.2, 0) is 13.0 Å². The van der Waals surface area contributed by atoms with Crippen molar-refractivity contribution < 1.29 is 0 Å². The molecular weight excluding hydrogens is 170 g/mol. The van der Waals surface area contributed by atoms with Crippen LogP contribution in [0.1, 0.15) is 19.0 Å². The third-order valence-electron chi connectivity index (χ3n) is 3.28. The molecule has 0 bridgehead atoms. The third kappa shape index (κ3) is 1.08. The van der Waals surface area contributed by atoms with Gasteiger partial charge in [-0.05, 0) is 36.3 Å². The van der Waals surface area contributed by atoms with E-state index in [-0.39, 0.29) is 0 Å². The summed E-state index contributed by atoms with van der Waals surface area (Å²) in [5.41, 5.74) is 2.93. The fourth-order valence-electron chi connectivity index (χ4n) is 2.49. The number of aryl methyl sites for hydroxylation is 1. The molecule has 0 radical (unpaired) electrons. The van der Waals surface area contributed by atoms with E-state index in [4.69, 9.17) is 0 Å². The summed E-state index contributed by atoms with van der Waals surface area (Å²) in [6.07, 6.45) is 2.59. The maximum Gasteiger partial charge on any atom is 0.0482 e. The number of para-hydroxylation sites is 1. The lowest BCUT2D eigenvalue weighted by Gasteiger charge is -2.21. The van der Waals surface area contributed by atoms with Crippen molar-refractivity contribution in [3.05, 3.63) is 36.0 Å². The molecule has 0 N–H and O–H groups in total. The van der Waals surface area contributed by atoms with Crippen LogP contribution < -0.4 is 0 Å². The van der Waals surface area contributed by atoms with Gasteiger partial charge in [0.05, 0.1) is 0 Å². The maximum absolute atomic E-state index is 2.49. The molecule has 0 spiro atoms. The molecule has 0 saturated heterocycles. The summed E-state index contributed by atoms with van der Waals surface area (Å²) in [6.45, 7) is 3.54. The number of hydrogen-bond donors (Lipinski definition) is 0. The SMILES string of the molecule is CC1CCc2cc3ccccc3n2C1. The minimum atomic E-state index is 0.832. The second-order valence-corrected chi connectivity index (χ2v) is 4.45. The van der Waals surface area contributed by atoms with Crippen molar-refractivity contribution in [1.82, 2.24) is 4.57 Å². The van der Waals surface area contributed by atoms with Gasteiger partial charge in [0.1, 0.15) is 0 Å². The first kappa shape index (κ1) is 8.10. The summed E-state index contributed by atoms with van der Waals surface area (Å²) in [4.78, 5) is 0. The van der Waals surface area contributed by atoms with Crippen molar-refractivity contribution in [2.45, 2.75) is 26.3 Å². The van der Waals surface area contributed by atoms with Crippen LogP contribution in [0.5, 0.6) is 0 Å². The Kier molecular flexibility index (Phi) is 1.66. The Morgan fingerprint density at radius 1 is 1.29 bits per heavy atom. The van der Waals surface area contributed by atoms with Crippen molar-refractivity contribution in [3.63, 3.8) is 0 Å². The van der Waals surface area contributed by atoms with E-state index in [0.717, 1.165) is 5.92 Å². The van der Waals surface area contributed by atoms with Gasteiger partial charge < -0.3 is 4.57 Å². The lowest BCUT2D eigenvalue weighted by molar-refractivity contribution is 0.407. The van der Waals surface area contributed by atoms with Crippen LogP contribution in [0.3, 0.4) is 0 Å². The molecule has 0 fully saturated rings. The first-order valence-corrected chi connectivity index (χ1v) is 5.42. The van der Waals surface area contributed by atoms with E-state index in [0.29, 0.717) is 0 Å². The smallest absolute Gasteiger partial charge is 0.0482 e. The van der Waals surface area contributed by atoms with Gasteiger partial charge in [-0.1, -0.05) is 25.1 Å². The Bertz CT molecular complexity index is 467. The highest BCUT2D eigenvalue weighted by molar-refractivity contribution is 5.81. The molecule has 3 rings (SSSR count). The van der Waals surface area contributed by atoms with Gasteiger partial charge in [0.2, 0.25) is 0 Å². The largest absolute Gasteiger partial charge is 0.344 e. The summed E-state index contributed by atoms with van der Waals surface area (Å²) >= 11 is 0. The van der Waals surface area contributed by atoms with Gasteiger partial charge in [-0.2, -0.15) is 0 Å². The lowest BCUT2D eigenvalue weighted by Crippen LogP contribution is -2.16. The number of nitrogens with zero attached hydrogens (tertiary/aromatic N) is 1. The molecule has 1 aromatic heterocycles. The molecule has 1 heteroatoms. The highest BCUT2D eigenvalue weighted by atomic mass is 15.0. The van der Waals surface area contributed by atoms with Gasteiger partial charge in [0.15, 0.2) is 0 Å². The zero-order valence-corrected chi connectivity index (χ0v) is 8.53. The van der Waals surface area contributed by atoms with Crippen molar-refractivity contribution >= 4 is 10.9 Å². The van der Waals surface area contributed by atoms with Crippen LogP contribution in [0.25, 0.3) is 10.9 Å². The van der Waals surface area contributed by atoms with Crippen molar-refractivity contribution in [2.75, 3.05) is 0 Å². The summed E-state index contributed by atoms with van der Waals surface area (Å²) in [5, 5.41) is 1.40. The van der Waals surface area contributed by atoms with Gasteiger partial charge in [-0.15, -0.1) is 0 Å². The Labute approximate surface area is 84.4 Å². The number of rotatable bonds is 0. The van der Waals surface area contributed by atoms with E-state index in [1.165, 1.54) is 36.0 Å². The van der Waals surface area contributed by atoms with E-state index in [2.05, 4.69) is 41.8 Å². The number of benzene rings is 1. The highest BCUT2D eigenvalue weighted by Crippen LogP contribution is 2.27. The molecule has 1 unspecified atom stereocenters. The van der Waals surface area contributed by atoms with Gasteiger partial charge in [0.25, 0.3) is 0 Å². The molecule has 2 aromatic rings. The van der Waals surface area contributed by atoms with E-state index in [1.54, 1.807) is 0 Å². The van der Waals surface area contributed by atoms with Crippen molar-refractivity contribution in [3.8, 4) is 0 Å². The van der Waals surface area contributed by atoms with Crippen LogP contribution in [0, 0.1) is 5.92 Å². The highest BCUT2D eigenvalue weighted by Gasteiger charge is 2.16. The minimum absolute atomic E-state index is 0.832. The summed E-state index contributed by atoms with van der Waals surface area (Å²) in [6, 6.07) is 11.1. The molecule has 0 saturated carbocycles. The van der Waals surface area contributed by atoms with Crippen LogP contribution in [-0.4, -0.2) is 4.57 Å². The molecule has 1 aliphatic rings. The standard InChI is InChI=1S/C13H15N/c1-10-6-7-12-8-11-4-2-3-5-13(11)14(12)9-10/h2-5,8,10H,6-7,9H2,1H3. The quantitative estimate of drug-likeness (QED) is 0.594. The third-order valence-corrected chi connectivity index (χ3v) is 3.28. The minimum Gasteiger partial charge on any atom is -0.344 e. The first-order valence-electron chi connectivity index (χ1n) is 5.42. The summed E-state index contributed by atoms with van der Waals surface area (Å²) in [5.74, 6) is 0.832. The Hall–Kier alpha value is -1.24. The van der Waals surface area contributed by atoms with E-state index in [9.17, 15) is 0 Å². The van der Waals surface area contributed by atoms with Crippen molar-refractivity contribution in [1.29, 1.82) is 0 Å². The fourth-order valence-corrected chi connectivity index (χ4v) is 2.49. The molecule has 0 amide bonds. The average Bonchev–Trinajstić information content (AvgIpc) is 2.56. The predicted molar refractivity (Wildman–Crippen MR) is 59.4 cm³/mol. The van der Waals surface area contributed by atoms with Crippen LogP contribution in [0.4, 0.5) is 0 Å². The zero-order valence-electron chi connectivity index (χ0n) is 8.53. The Morgan fingerprint density at radius 3 is 3.07 bits per heavy atom. The zero-order chi connectivity index (χ0) is 9.54. The Balaban J connectivity index is 2.25. The molecule has 1 atom stereocenters. The van der Waals surface area contributed by atoms with E-state index in [1.807, 2.05) is 0 Å².